The number of thiophene rings is 1. The van der Waals surface area contributed by atoms with Gasteiger partial charge in [-0.25, -0.2) is 0 Å². The zero-order chi connectivity index (χ0) is 12.3. The van der Waals surface area contributed by atoms with Crippen LogP contribution in [0.3, 0.4) is 0 Å². The number of nitrogens with one attached hydrogen (secondary N) is 1. The van der Waals surface area contributed by atoms with Crippen molar-refractivity contribution in [3.63, 3.8) is 0 Å². The summed E-state index contributed by atoms with van der Waals surface area (Å²) in [6.45, 7) is 8.70. The maximum atomic E-state index is 3.45. The summed E-state index contributed by atoms with van der Waals surface area (Å²) in [7, 11) is 0. The van der Waals surface area contributed by atoms with E-state index in [0.717, 1.165) is 13.1 Å². The van der Waals surface area contributed by atoms with Crippen LogP contribution in [0.25, 0.3) is 10.1 Å². The van der Waals surface area contributed by atoms with E-state index in [1.807, 2.05) is 11.3 Å². The molecule has 0 fully saturated rings. The van der Waals surface area contributed by atoms with Gasteiger partial charge in [-0.15, -0.1) is 11.3 Å². The van der Waals surface area contributed by atoms with E-state index in [-0.39, 0.29) is 0 Å². The smallest absolute Gasteiger partial charge is 0.0378 e. The molecule has 0 radical (unpaired) electrons. The molecule has 2 aromatic rings. The highest BCUT2D eigenvalue weighted by molar-refractivity contribution is 7.19. The van der Waals surface area contributed by atoms with Crippen LogP contribution in [0.2, 0.25) is 0 Å². The topological polar surface area (TPSA) is 12.0 Å². The summed E-state index contributed by atoms with van der Waals surface area (Å²) in [5, 5.41) is 4.93. The van der Waals surface area contributed by atoms with Crippen molar-refractivity contribution >= 4 is 21.4 Å². The van der Waals surface area contributed by atoms with E-state index in [2.05, 4.69) is 44.3 Å². The maximum Gasteiger partial charge on any atom is 0.0378 e. The van der Waals surface area contributed by atoms with Gasteiger partial charge in [-0.05, 0) is 36.4 Å². The van der Waals surface area contributed by atoms with Crippen molar-refractivity contribution < 1.29 is 0 Å². The third kappa shape index (κ3) is 2.53. The van der Waals surface area contributed by atoms with Crippen LogP contribution in [0.4, 0.5) is 0 Å². The lowest BCUT2D eigenvalue weighted by molar-refractivity contribution is 0.728. The Morgan fingerprint density at radius 1 is 1.24 bits per heavy atom. The van der Waals surface area contributed by atoms with Gasteiger partial charge in [0.05, 0.1) is 0 Å². The summed E-state index contributed by atoms with van der Waals surface area (Å²) in [6.07, 6.45) is 2.42. The number of hydrogen-bond acceptors (Lipinski definition) is 2. The van der Waals surface area contributed by atoms with E-state index in [9.17, 15) is 0 Å². The fourth-order valence-electron chi connectivity index (χ4n) is 2.27. The Kier molecular flexibility index (Phi) is 4.19. The highest BCUT2D eigenvalue weighted by Gasteiger charge is 2.11. The van der Waals surface area contributed by atoms with Gasteiger partial charge in [0.2, 0.25) is 0 Å². The first-order valence-corrected chi connectivity index (χ1v) is 7.30. The van der Waals surface area contributed by atoms with Crippen LogP contribution in [0.5, 0.6) is 0 Å². The molecular formula is C15H21NS. The lowest BCUT2D eigenvalue weighted by Gasteiger charge is -2.03. The minimum Gasteiger partial charge on any atom is -0.312 e. The lowest BCUT2D eigenvalue weighted by Crippen LogP contribution is -2.11. The van der Waals surface area contributed by atoms with Crippen molar-refractivity contribution in [3.05, 3.63) is 34.2 Å². The van der Waals surface area contributed by atoms with Gasteiger partial charge in [0, 0.05) is 16.1 Å². The molecule has 1 aromatic carbocycles. The van der Waals surface area contributed by atoms with Crippen molar-refractivity contribution in [3.8, 4) is 0 Å². The number of fused-ring (bicyclic) bond motifs is 1. The summed E-state index contributed by atoms with van der Waals surface area (Å²) in [5.41, 5.74) is 2.98. The van der Waals surface area contributed by atoms with E-state index < -0.39 is 0 Å². The Morgan fingerprint density at radius 2 is 2.06 bits per heavy atom. The Hall–Kier alpha value is -0.860. The van der Waals surface area contributed by atoms with Crippen LogP contribution in [0, 0.1) is 6.92 Å². The quantitative estimate of drug-likeness (QED) is 0.832. The van der Waals surface area contributed by atoms with Crippen molar-refractivity contribution in [2.24, 2.45) is 0 Å². The molecule has 1 aromatic heterocycles. The predicted octanol–water partition coefficient (Wildman–Crippen LogP) is 4.27. The number of rotatable bonds is 5. The Bertz CT molecular complexity index is 499. The number of hydrogen-bond donors (Lipinski definition) is 1. The molecule has 0 aliphatic rings. The molecular weight excluding hydrogens is 226 g/mol. The molecule has 0 amide bonds. The van der Waals surface area contributed by atoms with Gasteiger partial charge >= 0.3 is 0 Å². The molecule has 0 saturated carbocycles. The van der Waals surface area contributed by atoms with Gasteiger partial charge in [-0.2, -0.15) is 0 Å². The van der Waals surface area contributed by atoms with Crippen LogP contribution in [-0.2, 0) is 13.0 Å². The molecule has 0 aliphatic heterocycles. The molecule has 0 aliphatic carbocycles. The fourth-order valence-corrected chi connectivity index (χ4v) is 3.55. The fraction of sp³-hybridized carbons (Fsp3) is 0.467. The van der Waals surface area contributed by atoms with Gasteiger partial charge in [0.15, 0.2) is 0 Å². The molecule has 2 rings (SSSR count). The number of aryl methyl sites for hydroxylation is 2. The van der Waals surface area contributed by atoms with Gasteiger partial charge in [0.1, 0.15) is 0 Å². The zero-order valence-corrected chi connectivity index (χ0v) is 11.8. The van der Waals surface area contributed by atoms with Gasteiger partial charge < -0.3 is 5.32 Å². The van der Waals surface area contributed by atoms with Crippen molar-refractivity contribution in [1.29, 1.82) is 0 Å². The van der Waals surface area contributed by atoms with Crippen LogP contribution < -0.4 is 5.32 Å². The van der Waals surface area contributed by atoms with E-state index in [1.165, 1.54) is 33.4 Å². The van der Waals surface area contributed by atoms with E-state index >= 15 is 0 Å². The summed E-state index contributed by atoms with van der Waals surface area (Å²) < 4.78 is 1.48. The normalized spacial score (nSPS) is 11.2. The van der Waals surface area contributed by atoms with E-state index in [1.54, 1.807) is 5.56 Å². The molecule has 0 saturated heterocycles. The first-order valence-electron chi connectivity index (χ1n) is 6.48. The highest BCUT2D eigenvalue weighted by atomic mass is 32.1. The Morgan fingerprint density at radius 3 is 2.76 bits per heavy atom. The maximum absolute atomic E-state index is 3.45. The summed E-state index contributed by atoms with van der Waals surface area (Å²) in [6, 6.07) is 6.67. The monoisotopic (exact) mass is 247 g/mol. The highest BCUT2D eigenvalue weighted by Crippen LogP contribution is 2.34. The van der Waals surface area contributed by atoms with E-state index in [4.69, 9.17) is 0 Å². The third-order valence-corrected chi connectivity index (χ3v) is 4.52. The molecule has 1 nitrogen and oxygen atoms in total. The third-order valence-electron chi connectivity index (χ3n) is 3.13. The minimum absolute atomic E-state index is 1.02. The molecule has 0 spiro atoms. The largest absolute Gasteiger partial charge is 0.312 e. The first kappa shape index (κ1) is 12.6. The standard InChI is InChI=1S/C15H21NS/c1-4-7-12-13-9-6-8-11(3)15(13)17-14(12)10-16-5-2/h6,8-9,16H,4-5,7,10H2,1-3H3. The molecule has 92 valence electrons. The molecule has 1 heterocycles. The average molecular weight is 247 g/mol. The average Bonchev–Trinajstić information content (AvgIpc) is 2.67. The van der Waals surface area contributed by atoms with Crippen molar-refractivity contribution in [1.82, 2.24) is 5.32 Å². The van der Waals surface area contributed by atoms with Crippen LogP contribution in [-0.4, -0.2) is 6.54 Å². The Balaban J connectivity index is 2.49. The molecule has 1 N–H and O–H groups in total. The second-order valence-corrected chi connectivity index (χ2v) is 5.59. The molecule has 2 heteroatoms. The van der Waals surface area contributed by atoms with E-state index in [0.29, 0.717) is 0 Å². The second-order valence-electron chi connectivity index (χ2n) is 4.49. The number of benzene rings is 1. The SMILES string of the molecule is CCCc1c(CNCC)sc2c(C)cccc12. The zero-order valence-electron chi connectivity index (χ0n) is 11.0. The lowest BCUT2D eigenvalue weighted by atomic mass is 10.0. The summed E-state index contributed by atoms with van der Waals surface area (Å²) >= 11 is 1.97. The molecule has 17 heavy (non-hydrogen) atoms. The van der Waals surface area contributed by atoms with Crippen LogP contribution >= 0.6 is 11.3 Å². The van der Waals surface area contributed by atoms with Gasteiger partial charge in [0.25, 0.3) is 0 Å². The van der Waals surface area contributed by atoms with Crippen molar-refractivity contribution in [2.45, 2.75) is 40.2 Å². The van der Waals surface area contributed by atoms with Gasteiger partial charge in [-0.1, -0.05) is 38.5 Å². The first-order chi connectivity index (χ1) is 8.27. The molecule has 0 bridgehead atoms. The van der Waals surface area contributed by atoms with Gasteiger partial charge in [-0.3, -0.25) is 0 Å². The minimum atomic E-state index is 1.02. The van der Waals surface area contributed by atoms with Crippen LogP contribution in [0.1, 0.15) is 36.3 Å². The molecule has 0 unspecified atom stereocenters. The summed E-state index contributed by atoms with van der Waals surface area (Å²) in [4.78, 5) is 1.53. The molecule has 0 atom stereocenters. The predicted molar refractivity (Wildman–Crippen MR) is 77.9 cm³/mol. The summed E-state index contributed by atoms with van der Waals surface area (Å²) in [5.74, 6) is 0. The Labute approximate surface area is 108 Å². The van der Waals surface area contributed by atoms with Crippen LogP contribution in [0.15, 0.2) is 18.2 Å². The van der Waals surface area contributed by atoms with Crippen molar-refractivity contribution in [2.75, 3.05) is 6.54 Å². The second kappa shape index (κ2) is 5.65.